The molecule has 2 heterocycles. The molecule has 4 unspecified atom stereocenters. The zero-order chi connectivity index (χ0) is 16.3. The van der Waals surface area contributed by atoms with E-state index in [2.05, 4.69) is 17.1 Å². The molecule has 4 nitrogen and oxygen atoms in total. The van der Waals surface area contributed by atoms with E-state index in [1.54, 1.807) is 4.57 Å². The molecule has 4 aliphatic carbocycles. The monoisotopic (exact) mass is 322 g/mol. The maximum atomic E-state index is 10.7. The molecule has 0 aromatic carbocycles. The van der Waals surface area contributed by atoms with E-state index >= 15 is 0 Å². The van der Waals surface area contributed by atoms with Crippen molar-refractivity contribution < 1.29 is 10.2 Å². The van der Waals surface area contributed by atoms with E-state index in [0.29, 0.717) is 42.0 Å². The second-order valence-electron chi connectivity index (χ2n) is 7.44. The van der Waals surface area contributed by atoms with Gasteiger partial charge in [0.05, 0.1) is 0 Å². The van der Waals surface area contributed by atoms with Crippen molar-refractivity contribution in [1.29, 1.82) is 0 Å². The highest BCUT2D eigenvalue weighted by Crippen LogP contribution is 2.67. The number of hydrogen-bond acceptors (Lipinski definition) is 3. The first-order valence-electron chi connectivity index (χ1n) is 8.97. The zero-order valence-electron chi connectivity index (χ0n) is 13.6. The first kappa shape index (κ1) is 14.1. The minimum Gasteiger partial charge on any atom is -0.494 e. The van der Waals surface area contributed by atoms with Gasteiger partial charge in [0.25, 0.3) is 0 Å². The molecule has 2 bridgehead atoms. The van der Waals surface area contributed by atoms with Gasteiger partial charge in [0.15, 0.2) is 11.8 Å². The molecule has 24 heavy (non-hydrogen) atoms. The van der Waals surface area contributed by atoms with E-state index < -0.39 is 0 Å². The van der Waals surface area contributed by atoms with Crippen LogP contribution in [0.2, 0.25) is 0 Å². The van der Waals surface area contributed by atoms with Crippen molar-refractivity contribution in [3.63, 3.8) is 0 Å². The molecule has 0 saturated heterocycles. The van der Waals surface area contributed by atoms with E-state index in [1.165, 1.54) is 12.0 Å². The summed E-state index contributed by atoms with van der Waals surface area (Å²) in [6.45, 7) is 0.671. The molecular weight excluding hydrogens is 300 g/mol. The summed E-state index contributed by atoms with van der Waals surface area (Å²) in [4.78, 5) is 4.04. The topological polar surface area (TPSA) is 58.3 Å². The van der Waals surface area contributed by atoms with E-state index in [0.717, 1.165) is 30.4 Å². The third-order valence-electron chi connectivity index (χ3n) is 6.14. The fraction of sp³-hybridized carbons (Fsp3) is 0.450. The molecular formula is C20H22N2O2. The molecule has 0 radical (unpaired) electrons. The van der Waals surface area contributed by atoms with Crippen molar-refractivity contribution in [2.24, 2.45) is 11.8 Å². The molecule has 2 N–H and O–H groups in total. The molecule has 2 aromatic rings. The highest BCUT2D eigenvalue weighted by atomic mass is 16.3. The van der Waals surface area contributed by atoms with Gasteiger partial charge < -0.3 is 10.2 Å². The predicted octanol–water partition coefficient (Wildman–Crippen LogP) is 3.70. The van der Waals surface area contributed by atoms with E-state index in [1.807, 2.05) is 24.5 Å². The second-order valence-corrected chi connectivity index (χ2v) is 7.44. The van der Waals surface area contributed by atoms with Crippen LogP contribution < -0.4 is 0 Å². The van der Waals surface area contributed by atoms with Crippen molar-refractivity contribution in [3.05, 3.63) is 53.4 Å². The standard InChI is InChI=1S/C20H22N2O2/c23-19-17-13-4-5-14(16-11-15(13)16)18(17)20(24)22(19)10-2-1-3-12-6-8-21-9-7-12/h4-9,13-16,23-24H,1-3,10-11H2. The van der Waals surface area contributed by atoms with Gasteiger partial charge in [-0.2, -0.15) is 0 Å². The number of hydrogen-bond donors (Lipinski definition) is 2. The van der Waals surface area contributed by atoms with Crippen LogP contribution in [-0.4, -0.2) is 19.8 Å². The average Bonchev–Trinajstić information content (AvgIpc) is 3.39. The Morgan fingerprint density at radius 2 is 1.58 bits per heavy atom. The number of allylic oxidation sites excluding steroid dienone is 2. The van der Waals surface area contributed by atoms with Crippen LogP contribution in [0.25, 0.3) is 0 Å². The largest absolute Gasteiger partial charge is 0.494 e. The molecule has 4 aliphatic rings. The number of rotatable bonds is 5. The first-order valence-corrected chi connectivity index (χ1v) is 8.97. The van der Waals surface area contributed by atoms with Gasteiger partial charge in [-0.15, -0.1) is 0 Å². The van der Waals surface area contributed by atoms with Crippen molar-refractivity contribution in [2.45, 2.75) is 44.1 Å². The number of nitrogens with zero attached hydrogens (tertiary/aromatic N) is 2. The third-order valence-corrected chi connectivity index (χ3v) is 6.14. The minimum atomic E-state index is 0.302. The Labute approximate surface area is 141 Å². The second kappa shape index (κ2) is 5.13. The highest BCUT2D eigenvalue weighted by molar-refractivity contribution is 5.59. The van der Waals surface area contributed by atoms with E-state index in [9.17, 15) is 10.2 Å². The van der Waals surface area contributed by atoms with Gasteiger partial charge in [0.1, 0.15) is 0 Å². The van der Waals surface area contributed by atoms with Gasteiger partial charge in [-0.1, -0.05) is 12.2 Å². The highest BCUT2D eigenvalue weighted by Gasteiger charge is 2.56. The number of aromatic nitrogens is 2. The summed E-state index contributed by atoms with van der Waals surface area (Å²) in [5.41, 5.74) is 3.30. The van der Waals surface area contributed by atoms with Gasteiger partial charge >= 0.3 is 0 Å². The lowest BCUT2D eigenvalue weighted by Gasteiger charge is -2.30. The van der Waals surface area contributed by atoms with Crippen molar-refractivity contribution in [3.8, 4) is 11.8 Å². The number of unbranched alkanes of at least 4 members (excludes halogenated alkanes) is 1. The molecule has 1 fully saturated rings. The Bertz CT molecular complexity index is 767. The summed E-state index contributed by atoms with van der Waals surface area (Å²) in [7, 11) is 0. The number of aryl methyl sites for hydroxylation is 1. The molecule has 0 amide bonds. The van der Waals surface area contributed by atoms with Gasteiger partial charge in [0.2, 0.25) is 0 Å². The Hall–Kier alpha value is -2.23. The summed E-state index contributed by atoms with van der Waals surface area (Å²) >= 11 is 0. The van der Waals surface area contributed by atoms with E-state index in [4.69, 9.17) is 0 Å². The zero-order valence-corrected chi connectivity index (χ0v) is 13.6. The SMILES string of the molecule is Oc1c2c(c(O)n1CCCCc1ccncc1)C1C=CC2C2CC12. The van der Waals surface area contributed by atoms with Crippen molar-refractivity contribution in [2.75, 3.05) is 0 Å². The van der Waals surface area contributed by atoms with Crippen LogP contribution in [0, 0.1) is 11.8 Å². The molecule has 1 saturated carbocycles. The molecule has 2 aromatic heterocycles. The Morgan fingerprint density at radius 3 is 2.21 bits per heavy atom. The average molecular weight is 322 g/mol. The smallest absolute Gasteiger partial charge is 0.198 e. The van der Waals surface area contributed by atoms with Gasteiger partial charge in [-0.25, -0.2) is 0 Å². The number of aromatic hydroxyl groups is 2. The molecule has 0 aliphatic heterocycles. The third kappa shape index (κ3) is 1.95. The van der Waals surface area contributed by atoms with Crippen LogP contribution in [0.5, 0.6) is 11.8 Å². The normalized spacial score (nSPS) is 28.7. The van der Waals surface area contributed by atoms with Crippen molar-refractivity contribution in [1.82, 2.24) is 9.55 Å². The molecule has 124 valence electrons. The lowest BCUT2D eigenvalue weighted by atomic mass is 9.73. The van der Waals surface area contributed by atoms with Crippen molar-refractivity contribution >= 4 is 0 Å². The first-order chi connectivity index (χ1) is 11.8. The predicted molar refractivity (Wildman–Crippen MR) is 91.2 cm³/mol. The summed E-state index contributed by atoms with van der Waals surface area (Å²) in [6.07, 6.45) is 12.3. The summed E-state index contributed by atoms with van der Waals surface area (Å²) in [6, 6.07) is 4.08. The van der Waals surface area contributed by atoms with Crippen LogP contribution in [0.1, 0.15) is 47.8 Å². The summed E-state index contributed by atoms with van der Waals surface area (Å²) in [5.74, 6) is 2.63. The fourth-order valence-corrected chi connectivity index (χ4v) is 4.86. The number of pyridine rings is 1. The van der Waals surface area contributed by atoms with Gasteiger partial charge in [-0.3, -0.25) is 9.55 Å². The minimum absolute atomic E-state index is 0.302. The van der Waals surface area contributed by atoms with Crippen LogP contribution >= 0.6 is 0 Å². The molecule has 4 heteroatoms. The quantitative estimate of drug-likeness (QED) is 0.652. The maximum Gasteiger partial charge on any atom is 0.198 e. The fourth-order valence-electron chi connectivity index (χ4n) is 4.86. The lowest BCUT2D eigenvalue weighted by Crippen LogP contribution is -2.18. The molecule has 4 atom stereocenters. The molecule has 6 rings (SSSR count). The summed E-state index contributed by atoms with van der Waals surface area (Å²) < 4.78 is 1.73. The Morgan fingerprint density at radius 1 is 0.958 bits per heavy atom. The van der Waals surface area contributed by atoms with Crippen LogP contribution in [0.4, 0.5) is 0 Å². The van der Waals surface area contributed by atoms with Crippen LogP contribution in [-0.2, 0) is 13.0 Å². The van der Waals surface area contributed by atoms with Gasteiger partial charge in [-0.05, 0) is 55.2 Å². The van der Waals surface area contributed by atoms with Gasteiger partial charge in [0, 0.05) is 41.9 Å². The lowest BCUT2D eigenvalue weighted by molar-refractivity contribution is 0.359. The van der Waals surface area contributed by atoms with Crippen LogP contribution in [0.3, 0.4) is 0 Å². The maximum absolute atomic E-state index is 10.7. The Balaban J connectivity index is 1.32. The Kier molecular flexibility index (Phi) is 3.02. The van der Waals surface area contributed by atoms with E-state index in [-0.39, 0.29) is 0 Å². The van der Waals surface area contributed by atoms with Crippen LogP contribution in [0.15, 0.2) is 36.7 Å². The molecule has 0 spiro atoms. The summed E-state index contributed by atoms with van der Waals surface area (Å²) in [5, 5.41) is 21.4.